The lowest BCUT2D eigenvalue weighted by molar-refractivity contribution is -0.166. The Hall–Kier alpha value is -3.44. The maximum Gasteiger partial charge on any atom is 0.417 e. The van der Waals surface area contributed by atoms with E-state index >= 15 is 0 Å². The molecule has 2 aliphatic rings. The van der Waals surface area contributed by atoms with Crippen molar-refractivity contribution in [3.63, 3.8) is 0 Å². The standard InChI is InChI=1S/C19H15F4N3O5/c1-7-2-3-8-14(17(29)26(16(8)28)6-19(21,22)23)13(7)15(27)24-10-5-12-11(4-9(10)20)25-18(30)31-12/h2-5,7-8,13-14H,6H2,1H3,(H,24,27)(H,25,30). The number of halogens is 4. The first kappa shape index (κ1) is 20.8. The SMILES string of the molecule is CC1C=CC2C(=O)N(CC(F)(F)F)C(=O)C2C1C(=O)Nc1cc2oc(=O)[nH]c2cc1F. The van der Waals surface area contributed by atoms with Crippen LogP contribution in [0.5, 0.6) is 0 Å². The Balaban J connectivity index is 1.64. The van der Waals surface area contributed by atoms with Gasteiger partial charge in [-0.2, -0.15) is 13.2 Å². The zero-order chi connectivity index (χ0) is 22.7. The maximum atomic E-state index is 14.4. The summed E-state index contributed by atoms with van der Waals surface area (Å²) in [6.45, 7) is -0.183. The van der Waals surface area contributed by atoms with E-state index in [1.165, 1.54) is 12.2 Å². The monoisotopic (exact) mass is 441 g/mol. The minimum atomic E-state index is -4.79. The van der Waals surface area contributed by atoms with Crippen molar-refractivity contribution in [2.24, 2.45) is 23.7 Å². The topological polar surface area (TPSA) is 112 Å². The van der Waals surface area contributed by atoms with E-state index in [9.17, 15) is 36.7 Å². The van der Waals surface area contributed by atoms with Crippen LogP contribution >= 0.6 is 0 Å². The van der Waals surface area contributed by atoms with Crippen molar-refractivity contribution >= 4 is 34.5 Å². The minimum Gasteiger partial charge on any atom is -0.408 e. The lowest BCUT2D eigenvalue weighted by atomic mass is 9.71. The molecule has 0 spiro atoms. The van der Waals surface area contributed by atoms with Crippen molar-refractivity contribution in [3.8, 4) is 0 Å². The van der Waals surface area contributed by atoms with Gasteiger partial charge in [-0.05, 0) is 5.92 Å². The molecule has 164 valence electrons. The summed E-state index contributed by atoms with van der Waals surface area (Å²) in [7, 11) is 0. The number of carbonyl (C=O) groups is 3. The number of nitrogens with zero attached hydrogens (tertiary/aromatic N) is 1. The van der Waals surface area contributed by atoms with Crippen LogP contribution in [0, 0.1) is 29.5 Å². The van der Waals surface area contributed by atoms with E-state index in [0.717, 1.165) is 12.1 Å². The molecule has 0 radical (unpaired) electrons. The number of likely N-dealkylation sites (tertiary alicyclic amines) is 1. The van der Waals surface area contributed by atoms with Gasteiger partial charge >= 0.3 is 11.9 Å². The number of oxazole rings is 1. The molecule has 4 unspecified atom stereocenters. The van der Waals surface area contributed by atoms with E-state index in [1.54, 1.807) is 6.92 Å². The summed E-state index contributed by atoms with van der Waals surface area (Å²) < 4.78 is 57.6. The highest BCUT2D eigenvalue weighted by Gasteiger charge is 2.56. The highest BCUT2D eigenvalue weighted by atomic mass is 19.4. The molecule has 4 atom stereocenters. The summed E-state index contributed by atoms with van der Waals surface area (Å²) in [6, 6.07) is 2.00. The molecule has 1 aliphatic heterocycles. The molecule has 1 aliphatic carbocycles. The minimum absolute atomic E-state index is 0.0281. The third kappa shape index (κ3) is 3.62. The van der Waals surface area contributed by atoms with E-state index in [-0.39, 0.29) is 21.7 Å². The molecule has 4 rings (SSSR count). The van der Waals surface area contributed by atoms with Gasteiger partial charge in [0, 0.05) is 12.1 Å². The van der Waals surface area contributed by atoms with Gasteiger partial charge in [0.2, 0.25) is 17.7 Å². The predicted octanol–water partition coefficient (Wildman–Crippen LogP) is 2.18. The molecule has 3 amide bonds. The molecule has 2 heterocycles. The summed E-state index contributed by atoms with van der Waals surface area (Å²) in [5.41, 5.74) is -0.309. The molecule has 2 N–H and O–H groups in total. The van der Waals surface area contributed by atoms with Gasteiger partial charge in [0.25, 0.3) is 0 Å². The lowest BCUT2D eigenvalue weighted by Crippen LogP contribution is -2.42. The molecule has 1 aromatic carbocycles. The number of benzene rings is 1. The molecule has 2 aromatic rings. The Morgan fingerprint density at radius 1 is 1.19 bits per heavy atom. The van der Waals surface area contributed by atoms with Crippen LogP contribution in [-0.2, 0) is 14.4 Å². The van der Waals surface area contributed by atoms with Crippen molar-refractivity contribution in [1.82, 2.24) is 9.88 Å². The zero-order valence-corrected chi connectivity index (χ0v) is 15.8. The number of anilines is 1. The average Bonchev–Trinajstić information content (AvgIpc) is 3.12. The number of imide groups is 1. The van der Waals surface area contributed by atoms with Gasteiger partial charge in [0.05, 0.1) is 29.0 Å². The number of hydrogen-bond donors (Lipinski definition) is 2. The van der Waals surface area contributed by atoms with E-state index in [2.05, 4.69) is 10.3 Å². The van der Waals surface area contributed by atoms with E-state index in [4.69, 9.17) is 4.42 Å². The molecule has 1 aromatic heterocycles. The maximum absolute atomic E-state index is 14.4. The second kappa shape index (κ2) is 7.06. The molecule has 12 heteroatoms. The van der Waals surface area contributed by atoms with Gasteiger partial charge in [0.15, 0.2) is 5.58 Å². The number of allylic oxidation sites excluding steroid dienone is 1. The number of nitrogens with one attached hydrogen (secondary N) is 2. The molecule has 0 saturated carbocycles. The summed E-state index contributed by atoms with van der Waals surface area (Å²) in [4.78, 5) is 51.6. The van der Waals surface area contributed by atoms with Crippen LogP contribution in [0.4, 0.5) is 23.2 Å². The van der Waals surface area contributed by atoms with Crippen LogP contribution < -0.4 is 11.1 Å². The largest absolute Gasteiger partial charge is 0.417 e. The first-order chi connectivity index (χ1) is 14.5. The van der Waals surface area contributed by atoms with Gasteiger partial charge in [-0.3, -0.25) is 24.3 Å². The van der Waals surface area contributed by atoms with Crippen LogP contribution in [0.15, 0.2) is 33.5 Å². The van der Waals surface area contributed by atoms with Gasteiger partial charge < -0.3 is 9.73 Å². The third-order valence-electron chi connectivity index (χ3n) is 5.47. The zero-order valence-electron chi connectivity index (χ0n) is 15.8. The van der Waals surface area contributed by atoms with Gasteiger partial charge in [-0.1, -0.05) is 19.1 Å². The Kier molecular flexibility index (Phi) is 4.74. The van der Waals surface area contributed by atoms with Crippen molar-refractivity contribution in [2.45, 2.75) is 13.1 Å². The number of carbonyl (C=O) groups excluding carboxylic acids is 3. The first-order valence-corrected chi connectivity index (χ1v) is 9.20. The molecule has 8 nitrogen and oxygen atoms in total. The molecule has 31 heavy (non-hydrogen) atoms. The van der Waals surface area contributed by atoms with Gasteiger partial charge in [-0.25, -0.2) is 9.18 Å². The fourth-order valence-electron chi connectivity index (χ4n) is 4.12. The van der Waals surface area contributed by atoms with E-state index < -0.39 is 65.7 Å². The second-order valence-corrected chi connectivity index (χ2v) is 7.53. The predicted molar refractivity (Wildman–Crippen MR) is 97.0 cm³/mol. The molecular formula is C19H15F4N3O5. The quantitative estimate of drug-likeness (QED) is 0.431. The number of aromatic nitrogens is 1. The van der Waals surface area contributed by atoms with Gasteiger partial charge in [0.1, 0.15) is 12.4 Å². The van der Waals surface area contributed by atoms with Crippen LogP contribution in [-0.4, -0.2) is 40.3 Å². The van der Waals surface area contributed by atoms with Crippen LogP contribution in [0.2, 0.25) is 0 Å². The van der Waals surface area contributed by atoms with Crippen molar-refractivity contribution in [3.05, 3.63) is 40.7 Å². The first-order valence-electron chi connectivity index (χ1n) is 9.20. The van der Waals surface area contributed by atoms with Crippen molar-refractivity contribution < 1.29 is 36.4 Å². The highest BCUT2D eigenvalue weighted by Crippen LogP contribution is 2.42. The molecule has 1 saturated heterocycles. The Labute approximate surface area is 170 Å². The highest BCUT2D eigenvalue weighted by molar-refractivity contribution is 6.09. The fraction of sp³-hybridized carbons (Fsp3) is 0.368. The number of aromatic amines is 1. The number of fused-ring (bicyclic) bond motifs is 2. The Morgan fingerprint density at radius 3 is 2.58 bits per heavy atom. The summed E-state index contributed by atoms with van der Waals surface area (Å²) >= 11 is 0. The van der Waals surface area contributed by atoms with Crippen molar-refractivity contribution in [2.75, 3.05) is 11.9 Å². The smallest absolute Gasteiger partial charge is 0.408 e. The summed E-state index contributed by atoms with van der Waals surface area (Å²) in [5.74, 6) is -9.08. The second-order valence-electron chi connectivity index (χ2n) is 7.53. The number of rotatable bonds is 3. The summed E-state index contributed by atoms with van der Waals surface area (Å²) in [6.07, 6.45) is -1.99. The molecule has 1 fully saturated rings. The van der Waals surface area contributed by atoms with E-state index in [1.807, 2.05) is 0 Å². The van der Waals surface area contributed by atoms with Gasteiger partial charge in [-0.15, -0.1) is 0 Å². The summed E-state index contributed by atoms with van der Waals surface area (Å²) in [5, 5.41) is 2.29. The lowest BCUT2D eigenvalue weighted by Gasteiger charge is -2.30. The number of hydrogen-bond acceptors (Lipinski definition) is 5. The van der Waals surface area contributed by atoms with E-state index in [0.29, 0.717) is 0 Å². The van der Waals surface area contributed by atoms with Crippen LogP contribution in [0.3, 0.4) is 0 Å². The Morgan fingerprint density at radius 2 is 1.90 bits per heavy atom. The van der Waals surface area contributed by atoms with Crippen molar-refractivity contribution in [1.29, 1.82) is 0 Å². The number of alkyl halides is 3. The number of amides is 3. The fourth-order valence-corrected chi connectivity index (χ4v) is 4.12. The Bertz CT molecular complexity index is 1180. The number of H-pyrrole nitrogens is 1. The molecule has 0 bridgehead atoms. The third-order valence-corrected chi connectivity index (χ3v) is 5.47. The normalized spacial score (nSPS) is 25.9. The molecular weight excluding hydrogens is 426 g/mol. The average molecular weight is 441 g/mol. The van der Waals surface area contributed by atoms with Crippen LogP contribution in [0.1, 0.15) is 6.92 Å². The van der Waals surface area contributed by atoms with Crippen LogP contribution in [0.25, 0.3) is 11.1 Å².